The van der Waals surface area contributed by atoms with Gasteiger partial charge in [0, 0.05) is 24.3 Å². The van der Waals surface area contributed by atoms with Crippen LogP contribution in [-0.2, 0) is 11.0 Å². The van der Waals surface area contributed by atoms with Crippen molar-refractivity contribution in [3.05, 3.63) is 102 Å². The smallest absolute Gasteiger partial charge is 0.353 e. The maximum absolute atomic E-state index is 12.8. The van der Waals surface area contributed by atoms with Gasteiger partial charge < -0.3 is 10.6 Å². The quantitative estimate of drug-likeness (QED) is 0.377. The summed E-state index contributed by atoms with van der Waals surface area (Å²) in [6.07, 6.45) is -3.15. The van der Waals surface area contributed by atoms with Crippen molar-refractivity contribution >= 4 is 28.8 Å². The molecule has 31 heavy (non-hydrogen) atoms. The SMILES string of the molecule is CC(=O)Nc1ccccc1N/C(=C\C(=O)c1ccc(C(F)(F)F)cc1)c1ccccc1. The van der Waals surface area contributed by atoms with E-state index in [1.807, 2.05) is 6.07 Å². The van der Waals surface area contributed by atoms with Crippen LogP contribution in [0.1, 0.15) is 28.4 Å². The number of halogens is 3. The van der Waals surface area contributed by atoms with Crippen molar-refractivity contribution < 1.29 is 22.8 Å². The van der Waals surface area contributed by atoms with E-state index in [4.69, 9.17) is 0 Å². The maximum atomic E-state index is 12.8. The normalized spacial score (nSPS) is 11.7. The fourth-order valence-corrected chi connectivity index (χ4v) is 2.88. The highest BCUT2D eigenvalue weighted by Crippen LogP contribution is 2.30. The lowest BCUT2D eigenvalue weighted by Crippen LogP contribution is -2.10. The molecule has 0 spiro atoms. The molecule has 0 bridgehead atoms. The number of para-hydroxylation sites is 2. The first-order chi connectivity index (χ1) is 14.7. The number of hydrogen-bond donors (Lipinski definition) is 2. The van der Waals surface area contributed by atoms with Gasteiger partial charge in [-0.25, -0.2) is 0 Å². The van der Waals surface area contributed by atoms with Gasteiger partial charge in [-0.1, -0.05) is 54.6 Å². The Hall–Kier alpha value is -3.87. The standard InChI is InChI=1S/C24H19F3N2O2/c1-16(30)28-20-9-5-6-10-21(20)29-22(17-7-3-2-4-8-17)15-23(31)18-11-13-19(14-12-18)24(25,26)27/h2-15,29H,1H3,(H,28,30)/b22-15-. The average molecular weight is 424 g/mol. The van der Waals surface area contributed by atoms with Crippen LogP contribution >= 0.6 is 0 Å². The average Bonchev–Trinajstić information content (AvgIpc) is 2.74. The maximum Gasteiger partial charge on any atom is 0.416 e. The Labute approximate surface area is 177 Å². The van der Waals surface area contributed by atoms with E-state index in [0.717, 1.165) is 24.3 Å². The molecule has 3 rings (SSSR count). The third kappa shape index (κ3) is 5.82. The van der Waals surface area contributed by atoms with E-state index in [-0.39, 0.29) is 11.5 Å². The van der Waals surface area contributed by atoms with Crippen molar-refractivity contribution in [1.29, 1.82) is 0 Å². The molecule has 0 saturated carbocycles. The van der Waals surface area contributed by atoms with Crippen LogP contribution in [0.4, 0.5) is 24.5 Å². The molecule has 0 radical (unpaired) electrons. The largest absolute Gasteiger partial charge is 0.416 e. The van der Waals surface area contributed by atoms with Gasteiger partial charge in [-0.15, -0.1) is 0 Å². The zero-order valence-electron chi connectivity index (χ0n) is 16.5. The van der Waals surface area contributed by atoms with Crippen LogP contribution in [0.15, 0.2) is 84.9 Å². The molecule has 3 aromatic rings. The van der Waals surface area contributed by atoms with Gasteiger partial charge in [0.05, 0.1) is 16.9 Å². The zero-order chi connectivity index (χ0) is 22.4. The van der Waals surface area contributed by atoms with Crippen LogP contribution in [0.3, 0.4) is 0 Å². The van der Waals surface area contributed by atoms with Crippen LogP contribution in [0.5, 0.6) is 0 Å². The zero-order valence-corrected chi connectivity index (χ0v) is 16.5. The van der Waals surface area contributed by atoms with Crippen LogP contribution in [0, 0.1) is 0 Å². The molecule has 1 amide bonds. The van der Waals surface area contributed by atoms with E-state index >= 15 is 0 Å². The summed E-state index contributed by atoms with van der Waals surface area (Å²) in [5.74, 6) is -0.711. The molecule has 0 aromatic heterocycles. The number of carbonyl (C=O) groups is 2. The van der Waals surface area contributed by atoms with E-state index in [1.165, 1.54) is 13.0 Å². The first kappa shape index (κ1) is 21.8. The van der Waals surface area contributed by atoms with E-state index in [0.29, 0.717) is 22.6 Å². The summed E-state index contributed by atoms with van der Waals surface area (Å²) < 4.78 is 38.4. The summed E-state index contributed by atoms with van der Waals surface area (Å²) in [6, 6.07) is 20.0. The Kier molecular flexibility index (Phi) is 6.55. The number of carbonyl (C=O) groups excluding carboxylic acids is 2. The molecule has 7 heteroatoms. The third-order valence-corrected chi connectivity index (χ3v) is 4.36. The van der Waals surface area contributed by atoms with Crippen LogP contribution in [0.2, 0.25) is 0 Å². The Morgan fingerprint density at radius 2 is 1.29 bits per heavy atom. The summed E-state index contributed by atoms with van der Waals surface area (Å²) in [5, 5.41) is 5.87. The number of ketones is 1. The Bertz CT molecular complexity index is 1110. The number of anilines is 2. The van der Waals surface area contributed by atoms with Gasteiger partial charge >= 0.3 is 6.18 Å². The summed E-state index contributed by atoms with van der Waals surface area (Å²) in [6.45, 7) is 1.39. The van der Waals surface area contributed by atoms with Crippen LogP contribution in [-0.4, -0.2) is 11.7 Å². The van der Waals surface area contributed by atoms with Gasteiger partial charge in [0.2, 0.25) is 5.91 Å². The van der Waals surface area contributed by atoms with E-state index in [9.17, 15) is 22.8 Å². The summed E-state index contributed by atoms with van der Waals surface area (Å²) in [4.78, 5) is 24.3. The number of amides is 1. The highest BCUT2D eigenvalue weighted by atomic mass is 19.4. The minimum Gasteiger partial charge on any atom is -0.353 e. The molecule has 2 N–H and O–H groups in total. The molecular weight excluding hydrogens is 405 g/mol. The molecule has 0 saturated heterocycles. The fraction of sp³-hybridized carbons (Fsp3) is 0.0833. The molecule has 0 atom stereocenters. The minimum absolute atomic E-state index is 0.123. The highest BCUT2D eigenvalue weighted by molar-refractivity contribution is 6.10. The second kappa shape index (κ2) is 9.30. The van der Waals surface area contributed by atoms with Gasteiger partial charge in [-0.05, 0) is 29.8 Å². The molecule has 0 aliphatic heterocycles. The monoisotopic (exact) mass is 424 g/mol. The Morgan fingerprint density at radius 3 is 1.84 bits per heavy atom. The molecular formula is C24H19F3N2O2. The minimum atomic E-state index is -4.47. The van der Waals surface area contributed by atoms with Crippen molar-refractivity contribution in [3.8, 4) is 0 Å². The first-order valence-corrected chi connectivity index (χ1v) is 9.36. The van der Waals surface area contributed by atoms with Gasteiger partial charge in [0.15, 0.2) is 5.78 Å². The highest BCUT2D eigenvalue weighted by Gasteiger charge is 2.30. The number of alkyl halides is 3. The molecule has 0 aliphatic rings. The molecule has 0 aliphatic carbocycles. The molecule has 3 aromatic carbocycles. The lowest BCUT2D eigenvalue weighted by molar-refractivity contribution is -0.137. The van der Waals surface area contributed by atoms with Crippen molar-refractivity contribution in [1.82, 2.24) is 0 Å². The third-order valence-electron chi connectivity index (χ3n) is 4.36. The predicted molar refractivity (Wildman–Crippen MR) is 115 cm³/mol. The van der Waals surface area contributed by atoms with Crippen molar-refractivity contribution in [2.75, 3.05) is 10.6 Å². The lowest BCUT2D eigenvalue weighted by atomic mass is 10.0. The van der Waals surface area contributed by atoms with Gasteiger partial charge in [-0.3, -0.25) is 9.59 Å². The number of hydrogen-bond acceptors (Lipinski definition) is 3. The second-order valence-corrected chi connectivity index (χ2v) is 6.72. The van der Waals surface area contributed by atoms with Gasteiger partial charge in [0.1, 0.15) is 0 Å². The molecule has 4 nitrogen and oxygen atoms in total. The second-order valence-electron chi connectivity index (χ2n) is 6.72. The number of rotatable bonds is 6. The lowest BCUT2D eigenvalue weighted by Gasteiger charge is -2.15. The van der Waals surface area contributed by atoms with Crippen molar-refractivity contribution in [2.45, 2.75) is 13.1 Å². The molecule has 0 unspecified atom stereocenters. The number of allylic oxidation sites excluding steroid dienone is 1. The predicted octanol–water partition coefficient (Wildman–Crippen LogP) is 6.00. The summed E-state index contributed by atoms with van der Waals surface area (Å²) in [5.41, 5.74) is 1.52. The Morgan fingerprint density at radius 1 is 0.742 bits per heavy atom. The molecule has 0 fully saturated rings. The van der Waals surface area contributed by atoms with Gasteiger partial charge in [-0.2, -0.15) is 13.2 Å². The fourth-order valence-electron chi connectivity index (χ4n) is 2.88. The number of benzene rings is 3. The molecule has 158 valence electrons. The summed E-state index contributed by atoms with van der Waals surface area (Å²) in [7, 11) is 0. The van der Waals surface area contributed by atoms with E-state index in [2.05, 4.69) is 10.6 Å². The van der Waals surface area contributed by atoms with Crippen molar-refractivity contribution in [2.24, 2.45) is 0 Å². The summed E-state index contributed by atoms with van der Waals surface area (Å²) >= 11 is 0. The van der Waals surface area contributed by atoms with Crippen LogP contribution in [0.25, 0.3) is 5.70 Å². The Balaban J connectivity index is 1.96. The van der Waals surface area contributed by atoms with Crippen LogP contribution < -0.4 is 10.6 Å². The first-order valence-electron chi connectivity index (χ1n) is 9.36. The molecule has 0 heterocycles. The van der Waals surface area contributed by atoms with E-state index in [1.54, 1.807) is 48.5 Å². The topological polar surface area (TPSA) is 58.2 Å². The van der Waals surface area contributed by atoms with Crippen molar-refractivity contribution in [3.63, 3.8) is 0 Å². The number of nitrogens with one attached hydrogen (secondary N) is 2. The van der Waals surface area contributed by atoms with E-state index < -0.39 is 17.5 Å². The van der Waals surface area contributed by atoms with Gasteiger partial charge in [0.25, 0.3) is 0 Å².